The molecule has 0 aliphatic carbocycles. The zero-order chi connectivity index (χ0) is 22.1. The van der Waals surface area contributed by atoms with Gasteiger partial charge in [-0.15, -0.1) is 0 Å². The molecular formula is C21H27ClN2O5S. The maximum atomic E-state index is 12.9. The van der Waals surface area contributed by atoms with E-state index in [1.165, 1.54) is 28.6 Å². The van der Waals surface area contributed by atoms with Crippen LogP contribution in [-0.4, -0.2) is 52.5 Å². The minimum absolute atomic E-state index is 0.110. The highest BCUT2D eigenvalue weighted by atomic mass is 35.5. The Morgan fingerprint density at radius 1 is 1.07 bits per heavy atom. The van der Waals surface area contributed by atoms with Crippen LogP contribution in [0, 0.1) is 0 Å². The second-order valence-electron chi connectivity index (χ2n) is 6.58. The molecule has 0 aliphatic heterocycles. The van der Waals surface area contributed by atoms with Crippen molar-refractivity contribution >= 4 is 27.5 Å². The largest absolute Gasteiger partial charge is 0.493 e. The Morgan fingerprint density at radius 2 is 1.73 bits per heavy atom. The number of ether oxygens (including phenoxy) is 2. The Kier molecular flexibility index (Phi) is 8.95. The summed E-state index contributed by atoms with van der Waals surface area (Å²) >= 11 is 5.84. The number of carbonyl (C=O) groups is 1. The second-order valence-corrected chi connectivity index (χ2v) is 8.96. The third kappa shape index (κ3) is 6.35. The minimum atomic E-state index is -3.79. The first kappa shape index (κ1) is 24.0. The van der Waals surface area contributed by atoms with Crippen molar-refractivity contribution in [1.29, 1.82) is 0 Å². The molecule has 2 rings (SSSR count). The average molecular weight is 455 g/mol. The molecule has 0 aliphatic rings. The lowest BCUT2D eigenvalue weighted by Gasteiger charge is -2.21. The van der Waals surface area contributed by atoms with Crippen LogP contribution >= 0.6 is 11.6 Å². The molecule has 0 saturated carbocycles. The van der Waals surface area contributed by atoms with E-state index < -0.39 is 10.0 Å². The van der Waals surface area contributed by atoms with E-state index in [1.54, 1.807) is 20.3 Å². The van der Waals surface area contributed by atoms with Gasteiger partial charge < -0.3 is 14.8 Å². The van der Waals surface area contributed by atoms with Crippen molar-refractivity contribution in [2.75, 3.05) is 33.9 Å². The normalized spacial score (nSPS) is 11.4. The van der Waals surface area contributed by atoms with Gasteiger partial charge in [-0.1, -0.05) is 24.6 Å². The SMILES string of the molecule is CCCN(CC(=O)NCCc1ccc(OC)c(OC)c1)S(=O)(=O)c1ccc(Cl)cc1. The number of benzene rings is 2. The molecule has 1 N–H and O–H groups in total. The Morgan fingerprint density at radius 3 is 2.33 bits per heavy atom. The van der Waals surface area contributed by atoms with Gasteiger partial charge in [0.05, 0.1) is 25.7 Å². The molecule has 1 amide bonds. The Labute approximate surface area is 183 Å². The van der Waals surface area contributed by atoms with Crippen molar-refractivity contribution in [1.82, 2.24) is 9.62 Å². The minimum Gasteiger partial charge on any atom is -0.493 e. The van der Waals surface area contributed by atoms with Gasteiger partial charge in [-0.25, -0.2) is 8.42 Å². The standard InChI is InChI=1S/C21H27ClN2O5S/c1-4-13-24(30(26,27)18-8-6-17(22)7-9-18)15-21(25)23-12-11-16-5-10-19(28-2)20(14-16)29-3/h5-10,14H,4,11-13,15H2,1-3H3,(H,23,25). The van der Waals surface area contributed by atoms with Crippen molar-refractivity contribution < 1.29 is 22.7 Å². The summed E-state index contributed by atoms with van der Waals surface area (Å²) in [5, 5.41) is 3.23. The van der Waals surface area contributed by atoms with Crippen LogP contribution in [0.15, 0.2) is 47.4 Å². The van der Waals surface area contributed by atoms with E-state index in [2.05, 4.69) is 5.32 Å². The third-order valence-electron chi connectivity index (χ3n) is 4.43. The Bertz CT molecular complexity index is 948. The number of hydrogen-bond donors (Lipinski definition) is 1. The molecule has 9 heteroatoms. The highest BCUT2D eigenvalue weighted by Crippen LogP contribution is 2.27. The van der Waals surface area contributed by atoms with Crippen LogP contribution in [0.3, 0.4) is 0 Å². The van der Waals surface area contributed by atoms with Crippen molar-refractivity contribution in [3.8, 4) is 11.5 Å². The maximum Gasteiger partial charge on any atom is 0.243 e. The molecule has 0 heterocycles. The van der Waals surface area contributed by atoms with E-state index in [4.69, 9.17) is 21.1 Å². The van der Waals surface area contributed by atoms with Gasteiger partial charge >= 0.3 is 0 Å². The number of hydrogen-bond acceptors (Lipinski definition) is 5. The summed E-state index contributed by atoms with van der Waals surface area (Å²) in [4.78, 5) is 12.5. The van der Waals surface area contributed by atoms with Crippen LogP contribution < -0.4 is 14.8 Å². The number of rotatable bonds is 11. The number of nitrogens with zero attached hydrogens (tertiary/aromatic N) is 1. The fourth-order valence-electron chi connectivity index (χ4n) is 2.89. The van der Waals surface area contributed by atoms with Gasteiger partial charge in [-0.3, -0.25) is 4.79 Å². The first-order chi connectivity index (χ1) is 14.3. The zero-order valence-corrected chi connectivity index (χ0v) is 18.9. The first-order valence-electron chi connectivity index (χ1n) is 9.55. The van der Waals surface area contributed by atoms with Crippen molar-refractivity contribution in [2.45, 2.75) is 24.7 Å². The van der Waals surface area contributed by atoms with Crippen LogP contribution in [0.25, 0.3) is 0 Å². The molecule has 30 heavy (non-hydrogen) atoms. The molecule has 0 fully saturated rings. The third-order valence-corrected chi connectivity index (χ3v) is 6.54. The van der Waals surface area contributed by atoms with Crippen LogP contribution in [-0.2, 0) is 21.2 Å². The number of amides is 1. The molecule has 2 aromatic rings. The number of methoxy groups -OCH3 is 2. The summed E-state index contributed by atoms with van der Waals surface area (Å²) in [5.41, 5.74) is 0.965. The van der Waals surface area contributed by atoms with Gasteiger partial charge in [-0.05, 0) is 54.8 Å². The van der Waals surface area contributed by atoms with Crippen molar-refractivity contribution in [3.05, 3.63) is 53.1 Å². The van der Waals surface area contributed by atoms with E-state index in [1.807, 2.05) is 19.1 Å². The van der Waals surface area contributed by atoms with Gasteiger partial charge in [-0.2, -0.15) is 4.31 Å². The van der Waals surface area contributed by atoms with Crippen molar-refractivity contribution in [3.63, 3.8) is 0 Å². The fourth-order valence-corrected chi connectivity index (χ4v) is 4.50. The molecule has 164 valence electrons. The highest BCUT2D eigenvalue weighted by molar-refractivity contribution is 7.89. The number of halogens is 1. The van der Waals surface area contributed by atoms with Crippen LogP contribution in [0.4, 0.5) is 0 Å². The fraction of sp³-hybridized carbons (Fsp3) is 0.381. The predicted octanol–water partition coefficient (Wildman–Crippen LogP) is 3.12. The molecule has 0 radical (unpaired) electrons. The summed E-state index contributed by atoms with van der Waals surface area (Å²) < 4.78 is 37.4. The molecule has 0 atom stereocenters. The number of sulfonamides is 1. The Hall–Kier alpha value is -2.29. The van der Waals surface area contributed by atoms with Gasteiger partial charge in [0, 0.05) is 18.1 Å². The number of nitrogens with one attached hydrogen (secondary N) is 1. The van der Waals surface area contributed by atoms with Crippen LogP contribution in [0.2, 0.25) is 5.02 Å². The lowest BCUT2D eigenvalue weighted by atomic mass is 10.1. The molecule has 2 aromatic carbocycles. The van der Waals surface area contributed by atoms with Crippen LogP contribution in [0.5, 0.6) is 11.5 Å². The molecule has 0 bridgehead atoms. The van der Waals surface area contributed by atoms with Crippen molar-refractivity contribution in [2.24, 2.45) is 0 Å². The summed E-state index contributed by atoms with van der Waals surface area (Å²) in [5.74, 6) is 0.888. The summed E-state index contributed by atoms with van der Waals surface area (Å²) in [6.07, 6.45) is 1.16. The van der Waals surface area contributed by atoms with Gasteiger partial charge in [0.2, 0.25) is 15.9 Å². The molecule has 0 aromatic heterocycles. The lowest BCUT2D eigenvalue weighted by Crippen LogP contribution is -2.41. The number of carbonyl (C=O) groups excluding carboxylic acids is 1. The topological polar surface area (TPSA) is 84.9 Å². The van der Waals surface area contributed by atoms with E-state index in [9.17, 15) is 13.2 Å². The average Bonchev–Trinajstić information content (AvgIpc) is 2.73. The molecule has 7 nitrogen and oxygen atoms in total. The maximum absolute atomic E-state index is 12.9. The summed E-state index contributed by atoms with van der Waals surface area (Å²) in [6, 6.07) is 11.5. The van der Waals surface area contributed by atoms with Crippen LogP contribution in [0.1, 0.15) is 18.9 Å². The van der Waals surface area contributed by atoms with E-state index in [-0.39, 0.29) is 23.9 Å². The smallest absolute Gasteiger partial charge is 0.243 e. The summed E-state index contributed by atoms with van der Waals surface area (Å²) in [6.45, 7) is 2.23. The van der Waals surface area contributed by atoms with Gasteiger partial charge in [0.1, 0.15) is 0 Å². The molecule has 0 spiro atoms. The quantitative estimate of drug-likeness (QED) is 0.564. The molecule has 0 saturated heterocycles. The molecular weight excluding hydrogens is 428 g/mol. The lowest BCUT2D eigenvalue weighted by molar-refractivity contribution is -0.121. The monoisotopic (exact) mass is 454 g/mol. The van der Waals surface area contributed by atoms with E-state index >= 15 is 0 Å². The van der Waals surface area contributed by atoms with Gasteiger partial charge in [0.25, 0.3) is 0 Å². The van der Waals surface area contributed by atoms with Gasteiger partial charge in [0.15, 0.2) is 11.5 Å². The van der Waals surface area contributed by atoms with E-state index in [0.29, 0.717) is 35.9 Å². The predicted molar refractivity (Wildman–Crippen MR) is 117 cm³/mol. The Balaban J connectivity index is 1.98. The zero-order valence-electron chi connectivity index (χ0n) is 17.4. The second kappa shape index (κ2) is 11.2. The first-order valence-corrected chi connectivity index (χ1v) is 11.4. The summed E-state index contributed by atoms with van der Waals surface area (Å²) in [7, 11) is -0.656. The molecule has 0 unspecified atom stereocenters. The highest BCUT2D eigenvalue weighted by Gasteiger charge is 2.25. The van der Waals surface area contributed by atoms with E-state index in [0.717, 1.165) is 5.56 Å².